The van der Waals surface area contributed by atoms with Crippen molar-refractivity contribution < 1.29 is 23.9 Å². The maximum absolute atomic E-state index is 11.9. The molecule has 2 N–H and O–H groups in total. The third-order valence-corrected chi connectivity index (χ3v) is 3.64. The number of carbonyl (C=O) groups is 3. The van der Waals surface area contributed by atoms with Crippen molar-refractivity contribution in [2.45, 2.75) is 6.42 Å². The zero-order valence-electron chi connectivity index (χ0n) is 14.0. The average Bonchev–Trinajstić information content (AvgIpc) is 2.65. The summed E-state index contributed by atoms with van der Waals surface area (Å²) in [4.78, 5) is 35.3. The Morgan fingerprint density at radius 3 is 2.35 bits per heavy atom. The summed E-state index contributed by atoms with van der Waals surface area (Å²) in [5.41, 5.74) is 5.29. The minimum absolute atomic E-state index is 0.0171. The van der Waals surface area contributed by atoms with Gasteiger partial charge < -0.3 is 9.47 Å². The summed E-state index contributed by atoms with van der Waals surface area (Å²) in [6, 6.07) is 13.3. The lowest BCUT2D eigenvalue weighted by atomic mass is 10.1. The largest absolute Gasteiger partial charge is 0.497 e. The molecule has 2 rings (SSSR count). The first-order valence-electron chi connectivity index (χ1n) is 7.62. The van der Waals surface area contributed by atoms with Crippen LogP contribution in [0.15, 0.2) is 48.5 Å². The number of methoxy groups -OCH3 is 1. The van der Waals surface area contributed by atoms with Crippen molar-refractivity contribution in [2.75, 3.05) is 13.7 Å². The zero-order valence-corrected chi connectivity index (χ0v) is 14.7. The van der Waals surface area contributed by atoms with Crippen LogP contribution in [-0.2, 0) is 20.7 Å². The van der Waals surface area contributed by atoms with Gasteiger partial charge in [-0.25, -0.2) is 0 Å². The highest BCUT2D eigenvalue weighted by atomic mass is 35.5. The van der Waals surface area contributed by atoms with E-state index in [0.717, 1.165) is 5.56 Å². The van der Waals surface area contributed by atoms with Crippen molar-refractivity contribution in [3.63, 3.8) is 0 Å². The smallest absolute Gasteiger partial charge is 0.310 e. The van der Waals surface area contributed by atoms with Crippen LogP contribution < -0.4 is 15.6 Å². The van der Waals surface area contributed by atoms with E-state index in [1.54, 1.807) is 49.6 Å². The predicted octanol–water partition coefficient (Wildman–Crippen LogP) is 1.90. The third-order valence-electron chi connectivity index (χ3n) is 3.31. The number of ether oxygens (including phenoxy) is 2. The van der Waals surface area contributed by atoms with E-state index in [0.29, 0.717) is 5.75 Å². The Hall–Kier alpha value is -3.06. The van der Waals surface area contributed by atoms with Gasteiger partial charge in [-0.15, -0.1) is 0 Å². The van der Waals surface area contributed by atoms with Gasteiger partial charge in [0.2, 0.25) is 0 Å². The zero-order chi connectivity index (χ0) is 18.9. The van der Waals surface area contributed by atoms with Gasteiger partial charge in [-0.3, -0.25) is 25.2 Å². The topological polar surface area (TPSA) is 93.7 Å². The Balaban J connectivity index is 1.73. The van der Waals surface area contributed by atoms with Crippen LogP contribution in [-0.4, -0.2) is 31.5 Å². The molecule has 0 saturated heterocycles. The number of hydrogen-bond donors (Lipinski definition) is 2. The van der Waals surface area contributed by atoms with Crippen LogP contribution in [0.5, 0.6) is 5.75 Å². The molecule has 7 nitrogen and oxygen atoms in total. The summed E-state index contributed by atoms with van der Waals surface area (Å²) < 4.78 is 9.89. The van der Waals surface area contributed by atoms with Crippen molar-refractivity contribution in [1.82, 2.24) is 10.9 Å². The van der Waals surface area contributed by atoms with Gasteiger partial charge in [-0.2, -0.15) is 0 Å². The van der Waals surface area contributed by atoms with Gasteiger partial charge in [-0.05, 0) is 29.8 Å². The van der Waals surface area contributed by atoms with E-state index in [1.807, 2.05) is 0 Å². The molecule has 0 fully saturated rings. The summed E-state index contributed by atoms with van der Waals surface area (Å²) in [6.07, 6.45) is 0.0171. The minimum Gasteiger partial charge on any atom is -0.497 e. The summed E-state index contributed by atoms with van der Waals surface area (Å²) in [6.45, 7) is -0.516. The number of rotatable bonds is 6. The molecule has 0 unspecified atom stereocenters. The van der Waals surface area contributed by atoms with E-state index in [9.17, 15) is 14.4 Å². The second-order valence-electron chi connectivity index (χ2n) is 5.17. The third kappa shape index (κ3) is 5.78. The molecule has 0 aliphatic heterocycles. The fraction of sp³-hybridized carbons (Fsp3) is 0.167. The minimum atomic E-state index is -0.673. The molecule has 0 radical (unpaired) electrons. The quantitative estimate of drug-likeness (QED) is 0.593. The number of esters is 1. The first kappa shape index (κ1) is 19.3. The van der Waals surface area contributed by atoms with E-state index in [4.69, 9.17) is 21.1 Å². The molecule has 0 heterocycles. The second kappa shape index (κ2) is 9.43. The highest BCUT2D eigenvalue weighted by molar-refractivity contribution is 6.33. The number of hydrazine groups is 1. The molecule has 0 spiro atoms. The fourth-order valence-electron chi connectivity index (χ4n) is 1.98. The molecule has 136 valence electrons. The van der Waals surface area contributed by atoms with Crippen molar-refractivity contribution in [2.24, 2.45) is 0 Å². The molecule has 2 aromatic carbocycles. The molecule has 2 amide bonds. The first-order valence-corrected chi connectivity index (χ1v) is 7.99. The maximum Gasteiger partial charge on any atom is 0.310 e. The van der Waals surface area contributed by atoms with Crippen LogP contribution >= 0.6 is 11.6 Å². The molecule has 0 aliphatic rings. The van der Waals surface area contributed by atoms with Gasteiger partial charge in [-0.1, -0.05) is 35.9 Å². The van der Waals surface area contributed by atoms with Crippen LogP contribution in [0.4, 0.5) is 0 Å². The molecule has 0 aliphatic carbocycles. The van der Waals surface area contributed by atoms with Gasteiger partial charge in [0.15, 0.2) is 6.61 Å². The Labute approximate surface area is 155 Å². The first-order chi connectivity index (χ1) is 12.5. The summed E-state index contributed by atoms with van der Waals surface area (Å²) >= 11 is 5.88. The molecule has 2 aromatic rings. The van der Waals surface area contributed by atoms with E-state index < -0.39 is 24.4 Å². The number of carbonyl (C=O) groups excluding carboxylic acids is 3. The van der Waals surface area contributed by atoms with Crippen molar-refractivity contribution >= 4 is 29.4 Å². The lowest BCUT2D eigenvalue weighted by Crippen LogP contribution is -2.43. The van der Waals surface area contributed by atoms with Crippen molar-refractivity contribution in [1.29, 1.82) is 0 Å². The standard InChI is InChI=1S/C18H17ClN2O5/c1-25-13-8-6-12(7-9-13)10-17(23)26-11-16(22)20-21-18(24)14-4-2-3-5-15(14)19/h2-9H,10-11H2,1H3,(H,20,22)(H,21,24). The Morgan fingerprint density at radius 2 is 1.69 bits per heavy atom. The number of hydrogen-bond acceptors (Lipinski definition) is 5. The molecule has 0 bridgehead atoms. The van der Waals surface area contributed by atoms with Crippen LogP contribution in [0.3, 0.4) is 0 Å². The molecule has 8 heteroatoms. The van der Waals surface area contributed by atoms with Crippen LogP contribution in [0.2, 0.25) is 5.02 Å². The summed E-state index contributed by atoms with van der Waals surface area (Å²) in [5.74, 6) is -1.14. The number of amides is 2. The van der Waals surface area contributed by atoms with Gasteiger partial charge in [0.05, 0.1) is 24.1 Å². The molecule has 26 heavy (non-hydrogen) atoms. The van der Waals surface area contributed by atoms with E-state index in [-0.39, 0.29) is 17.0 Å². The van der Waals surface area contributed by atoms with E-state index in [1.165, 1.54) is 6.07 Å². The van der Waals surface area contributed by atoms with Crippen LogP contribution in [0.1, 0.15) is 15.9 Å². The monoisotopic (exact) mass is 376 g/mol. The molecular formula is C18H17ClN2O5. The van der Waals surface area contributed by atoms with Crippen LogP contribution in [0, 0.1) is 0 Å². The lowest BCUT2D eigenvalue weighted by Gasteiger charge is -2.09. The predicted molar refractivity (Wildman–Crippen MR) is 94.7 cm³/mol. The van der Waals surface area contributed by atoms with Gasteiger partial charge in [0.1, 0.15) is 5.75 Å². The van der Waals surface area contributed by atoms with Crippen LogP contribution in [0.25, 0.3) is 0 Å². The van der Waals surface area contributed by atoms with Crippen molar-refractivity contribution in [3.05, 3.63) is 64.7 Å². The normalized spacial score (nSPS) is 9.92. The highest BCUT2D eigenvalue weighted by Gasteiger charge is 2.12. The second-order valence-corrected chi connectivity index (χ2v) is 5.57. The lowest BCUT2D eigenvalue weighted by molar-refractivity contribution is -0.148. The Kier molecular flexibility index (Phi) is 6.99. The van der Waals surface area contributed by atoms with E-state index in [2.05, 4.69) is 10.9 Å². The number of benzene rings is 2. The number of nitrogens with one attached hydrogen (secondary N) is 2. The van der Waals surface area contributed by atoms with Crippen molar-refractivity contribution in [3.8, 4) is 5.75 Å². The van der Waals surface area contributed by atoms with Gasteiger partial charge in [0.25, 0.3) is 11.8 Å². The molecule has 0 aromatic heterocycles. The summed E-state index contributed by atoms with van der Waals surface area (Å²) in [7, 11) is 1.55. The molecule has 0 saturated carbocycles. The Bertz CT molecular complexity index is 792. The average molecular weight is 377 g/mol. The molecular weight excluding hydrogens is 360 g/mol. The fourth-order valence-corrected chi connectivity index (χ4v) is 2.20. The van der Waals surface area contributed by atoms with E-state index >= 15 is 0 Å². The van der Waals surface area contributed by atoms with Gasteiger partial charge in [0, 0.05) is 0 Å². The SMILES string of the molecule is COc1ccc(CC(=O)OCC(=O)NNC(=O)c2ccccc2Cl)cc1. The highest BCUT2D eigenvalue weighted by Crippen LogP contribution is 2.14. The Morgan fingerprint density at radius 1 is 1.00 bits per heavy atom. The van der Waals surface area contributed by atoms with Gasteiger partial charge >= 0.3 is 5.97 Å². The maximum atomic E-state index is 11.9. The summed E-state index contributed by atoms with van der Waals surface area (Å²) in [5, 5.41) is 0.255. The molecule has 0 atom stereocenters. The number of halogens is 1.